The van der Waals surface area contributed by atoms with Gasteiger partial charge in [0.2, 0.25) is 0 Å². The quantitative estimate of drug-likeness (QED) is 0.526. The van der Waals surface area contributed by atoms with Crippen LogP contribution in [0.3, 0.4) is 0 Å². The number of hydrogen-bond acceptors (Lipinski definition) is 6. The smallest absolute Gasteiger partial charge is 0.262 e. The maximum absolute atomic E-state index is 13.1. The molecule has 164 valence electrons. The number of para-hydroxylation sites is 2. The van der Waals surface area contributed by atoms with Gasteiger partial charge in [-0.1, -0.05) is 12.1 Å². The lowest BCUT2D eigenvalue weighted by Gasteiger charge is -2.15. The van der Waals surface area contributed by atoms with E-state index in [9.17, 15) is 21.2 Å². The van der Waals surface area contributed by atoms with Crippen molar-refractivity contribution < 1.29 is 30.7 Å². The number of rotatable bonds is 8. The van der Waals surface area contributed by atoms with E-state index in [1.807, 2.05) is 0 Å². The van der Waals surface area contributed by atoms with Crippen LogP contribution >= 0.6 is 0 Å². The van der Waals surface area contributed by atoms with Gasteiger partial charge in [0, 0.05) is 6.07 Å². The summed E-state index contributed by atoms with van der Waals surface area (Å²) < 4.78 is 79.0. The molecule has 0 heterocycles. The van der Waals surface area contributed by atoms with Crippen molar-refractivity contribution in [2.45, 2.75) is 9.79 Å². The zero-order chi connectivity index (χ0) is 22.6. The van der Waals surface area contributed by atoms with E-state index in [1.165, 1.54) is 50.6 Å². The molecule has 0 saturated carbocycles. The second-order valence-corrected chi connectivity index (χ2v) is 9.59. The molecule has 3 aromatic carbocycles. The van der Waals surface area contributed by atoms with Crippen LogP contribution in [-0.4, -0.2) is 31.1 Å². The van der Waals surface area contributed by atoms with Crippen LogP contribution in [0.4, 0.5) is 15.8 Å². The van der Waals surface area contributed by atoms with Crippen LogP contribution in [-0.2, 0) is 20.0 Å². The van der Waals surface area contributed by atoms with E-state index in [-0.39, 0.29) is 26.9 Å². The third-order valence-corrected chi connectivity index (χ3v) is 6.95. The molecule has 0 aliphatic heterocycles. The van der Waals surface area contributed by atoms with Gasteiger partial charge >= 0.3 is 0 Å². The second-order valence-electron chi connectivity index (χ2n) is 6.23. The van der Waals surface area contributed by atoms with Gasteiger partial charge in [0.05, 0.1) is 35.4 Å². The largest absolute Gasteiger partial charge is 0.493 e. The number of ether oxygens (including phenoxy) is 2. The molecule has 8 nitrogen and oxygen atoms in total. The Morgan fingerprint density at radius 1 is 0.677 bits per heavy atom. The maximum atomic E-state index is 13.1. The van der Waals surface area contributed by atoms with E-state index in [0.29, 0.717) is 5.75 Å². The Morgan fingerprint density at radius 3 is 1.68 bits per heavy atom. The number of hydrogen-bond donors (Lipinski definition) is 2. The van der Waals surface area contributed by atoms with Crippen LogP contribution in [0.1, 0.15) is 0 Å². The van der Waals surface area contributed by atoms with Gasteiger partial charge < -0.3 is 9.47 Å². The van der Waals surface area contributed by atoms with Gasteiger partial charge in [-0.3, -0.25) is 9.44 Å². The predicted octanol–water partition coefficient (Wildman–Crippen LogP) is 3.44. The summed E-state index contributed by atoms with van der Waals surface area (Å²) in [5.74, 6) is -0.00777. The highest BCUT2D eigenvalue weighted by atomic mass is 32.2. The molecule has 0 bridgehead atoms. The van der Waals surface area contributed by atoms with Crippen LogP contribution in [0.25, 0.3) is 0 Å². The molecule has 0 fully saturated rings. The molecule has 3 rings (SSSR count). The first kappa shape index (κ1) is 22.4. The lowest BCUT2D eigenvalue weighted by molar-refractivity contribution is 0.354. The number of benzene rings is 3. The summed E-state index contributed by atoms with van der Waals surface area (Å²) >= 11 is 0. The number of sulfonamides is 2. The Labute approximate surface area is 179 Å². The fourth-order valence-corrected chi connectivity index (χ4v) is 4.84. The minimum Gasteiger partial charge on any atom is -0.493 e. The van der Waals surface area contributed by atoms with Crippen LogP contribution in [0.15, 0.2) is 76.5 Å². The van der Waals surface area contributed by atoms with Crippen molar-refractivity contribution in [1.29, 1.82) is 0 Å². The Morgan fingerprint density at radius 2 is 1.16 bits per heavy atom. The van der Waals surface area contributed by atoms with Gasteiger partial charge in [-0.2, -0.15) is 0 Å². The Kier molecular flexibility index (Phi) is 6.37. The van der Waals surface area contributed by atoms with Gasteiger partial charge in [-0.15, -0.1) is 0 Å². The van der Waals surface area contributed by atoms with E-state index in [1.54, 1.807) is 6.07 Å². The van der Waals surface area contributed by atoms with Crippen molar-refractivity contribution in [2.24, 2.45) is 0 Å². The third-order valence-electron chi connectivity index (χ3n) is 4.20. The van der Waals surface area contributed by atoms with Crippen molar-refractivity contribution in [2.75, 3.05) is 23.7 Å². The lowest BCUT2D eigenvalue weighted by atomic mass is 10.3. The lowest BCUT2D eigenvalue weighted by Crippen LogP contribution is -2.17. The molecule has 2 N–H and O–H groups in total. The SMILES string of the molecule is COc1ccc(S(=O)(=O)Nc2ccccc2NS(=O)(=O)c2ccc(F)cc2)cc1OC. The highest BCUT2D eigenvalue weighted by molar-refractivity contribution is 7.93. The van der Waals surface area contributed by atoms with Crippen molar-refractivity contribution in [1.82, 2.24) is 0 Å². The molecular formula is C20H19FN2O6S2. The standard InChI is InChI=1S/C20H19FN2O6S2/c1-28-19-12-11-16(13-20(19)29-2)31(26,27)23-18-6-4-3-5-17(18)22-30(24,25)15-9-7-14(21)8-10-15/h3-13,22-23H,1-2H3. The zero-order valence-corrected chi connectivity index (χ0v) is 18.1. The first-order valence-electron chi connectivity index (χ1n) is 8.78. The topological polar surface area (TPSA) is 111 Å². The Hall–Kier alpha value is -3.31. The summed E-state index contributed by atoms with van der Waals surface area (Å²) in [5, 5.41) is 0. The van der Waals surface area contributed by atoms with Crippen molar-refractivity contribution in [3.8, 4) is 11.5 Å². The molecule has 3 aromatic rings. The molecule has 0 amide bonds. The maximum Gasteiger partial charge on any atom is 0.262 e. The molecule has 0 atom stereocenters. The van der Waals surface area contributed by atoms with Crippen molar-refractivity contribution in [3.63, 3.8) is 0 Å². The van der Waals surface area contributed by atoms with Crippen LogP contribution in [0.5, 0.6) is 11.5 Å². The molecular weight excluding hydrogens is 447 g/mol. The summed E-state index contributed by atoms with van der Waals surface area (Å²) in [6, 6.07) is 14.2. The average molecular weight is 467 g/mol. The summed E-state index contributed by atoms with van der Waals surface area (Å²) in [4.78, 5) is -0.284. The van der Waals surface area contributed by atoms with Gasteiger partial charge in [-0.25, -0.2) is 21.2 Å². The van der Waals surface area contributed by atoms with E-state index in [2.05, 4.69) is 9.44 Å². The zero-order valence-electron chi connectivity index (χ0n) is 16.5. The van der Waals surface area contributed by atoms with Gasteiger partial charge in [0.15, 0.2) is 11.5 Å². The molecule has 0 aliphatic carbocycles. The van der Waals surface area contributed by atoms with Gasteiger partial charge in [0.1, 0.15) is 5.82 Å². The molecule has 0 spiro atoms. The van der Waals surface area contributed by atoms with E-state index in [0.717, 1.165) is 24.3 Å². The molecule has 0 aromatic heterocycles. The molecule has 0 unspecified atom stereocenters. The summed E-state index contributed by atoms with van der Waals surface area (Å²) in [6.45, 7) is 0. The first-order valence-corrected chi connectivity index (χ1v) is 11.7. The number of halogens is 1. The van der Waals surface area contributed by atoms with Crippen molar-refractivity contribution in [3.05, 3.63) is 72.5 Å². The minimum absolute atomic E-state index is 0.00275. The average Bonchev–Trinajstić information content (AvgIpc) is 2.74. The highest BCUT2D eigenvalue weighted by Gasteiger charge is 2.21. The molecule has 0 radical (unpaired) electrons. The normalized spacial score (nSPS) is 11.6. The highest BCUT2D eigenvalue weighted by Crippen LogP contribution is 2.32. The number of methoxy groups -OCH3 is 2. The molecule has 0 aliphatic rings. The van der Waals surface area contributed by atoms with Gasteiger partial charge in [-0.05, 0) is 48.5 Å². The van der Waals surface area contributed by atoms with E-state index < -0.39 is 25.9 Å². The molecule has 11 heteroatoms. The van der Waals surface area contributed by atoms with E-state index >= 15 is 0 Å². The fraction of sp³-hybridized carbons (Fsp3) is 0.100. The molecule has 31 heavy (non-hydrogen) atoms. The summed E-state index contributed by atoms with van der Waals surface area (Å²) in [7, 11) is -5.37. The van der Waals surface area contributed by atoms with Crippen LogP contribution < -0.4 is 18.9 Å². The second kappa shape index (κ2) is 8.82. The number of nitrogens with one attached hydrogen (secondary N) is 2. The van der Waals surface area contributed by atoms with Crippen molar-refractivity contribution >= 4 is 31.4 Å². The number of anilines is 2. The summed E-state index contributed by atoms with van der Waals surface area (Å²) in [5.41, 5.74) is -0.00107. The van der Waals surface area contributed by atoms with Gasteiger partial charge in [0.25, 0.3) is 20.0 Å². The first-order chi connectivity index (χ1) is 14.7. The monoisotopic (exact) mass is 466 g/mol. The Bertz CT molecular complexity index is 1290. The van der Waals surface area contributed by atoms with E-state index in [4.69, 9.17) is 9.47 Å². The minimum atomic E-state index is -4.09. The van der Waals surface area contributed by atoms with Crippen LogP contribution in [0.2, 0.25) is 0 Å². The summed E-state index contributed by atoms with van der Waals surface area (Å²) in [6.07, 6.45) is 0. The fourth-order valence-electron chi connectivity index (χ4n) is 2.67. The molecule has 0 saturated heterocycles. The third kappa shape index (κ3) is 5.06. The predicted molar refractivity (Wildman–Crippen MR) is 114 cm³/mol. The Balaban J connectivity index is 1.92. The van der Waals surface area contributed by atoms with Crippen LogP contribution in [0, 0.1) is 5.82 Å².